The van der Waals surface area contributed by atoms with Crippen LogP contribution in [0.1, 0.15) is 52.4 Å². The van der Waals surface area contributed by atoms with E-state index in [-0.39, 0.29) is 0 Å². The van der Waals surface area contributed by atoms with E-state index in [0.717, 1.165) is 38.9 Å². The largest absolute Gasteiger partial charge is 0.381 e. The zero-order chi connectivity index (χ0) is 11.1. The average Bonchev–Trinajstić information content (AvgIpc) is 2.60. The molecule has 0 aromatic heterocycles. The van der Waals surface area contributed by atoms with Crippen LogP contribution in [-0.4, -0.2) is 19.0 Å². The molecule has 1 fully saturated rings. The van der Waals surface area contributed by atoms with Gasteiger partial charge in [0.05, 0.1) is 0 Å². The molecule has 2 heteroatoms. The predicted octanol–water partition coefficient (Wildman–Crippen LogP) is 3.20. The summed E-state index contributed by atoms with van der Waals surface area (Å²) in [6, 6.07) is 0. The summed E-state index contributed by atoms with van der Waals surface area (Å²) in [5, 5.41) is 0. The monoisotopic (exact) mass is 212 g/mol. The third-order valence-corrected chi connectivity index (χ3v) is 3.23. The van der Waals surface area contributed by atoms with Crippen LogP contribution in [0.2, 0.25) is 0 Å². The second kappa shape index (κ2) is 7.00. The first-order chi connectivity index (χ1) is 7.24. The zero-order valence-corrected chi connectivity index (χ0v) is 10.1. The van der Waals surface area contributed by atoms with Crippen molar-refractivity contribution in [1.29, 1.82) is 0 Å². The first-order valence-electron chi connectivity index (χ1n) is 6.34. The number of carbonyl (C=O) groups is 1. The topological polar surface area (TPSA) is 26.3 Å². The molecule has 0 amide bonds. The Morgan fingerprint density at radius 2 is 2.33 bits per heavy atom. The molecule has 2 unspecified atom stereocenters. The lowest BCUT2D eigenvalue weighted by molar-refractivity contribution is -0.121. The van der Waals surface area contributed by atoms with Crippen LogP contribution in [0.25, 0.3) is 0 Å². The maximum absolute atomic E-state index is 11.3. The number of carbonyl (C=O) groups excluding carboxylic acids is 1. The molecule has 0 spiro atoms. The van der Waals surface area contributed by atoms with E-state index in [2.05, 4.69) is 13.8 Å². The molecule has 0 aromatic rings. The van der Waals surface area contributed by atoms with Crippen LogP contribution in [0.4, 0.5) is 0 Å². The highest BCUT2D eigenvalue weighted by molar-refractivity contribution is 5.82. The predicted molar refractivity (Wildman–Crippen MR) is 61.9 cm³/mol. The first-order valence-corrected chi connectivity index (χ1v) is 6.34. The fourth-order valence-corrected chi connectivity index (χ4v) is 2.28. The molecular formula is C13H24O2. The molecule has 2 nitrogen and oxygen atoms in total. The molecule has 1 aliphatic rings. The lowest BCUT2D eigenvalue weighted by Crippen LogP contribution is -2.12. The number of ether oxygens (including phenoxy) is 1. The number of hydrogen-bond donors (Lipinski definition) is 0. The van der Waals surface area contributed by atoms with Crippen LogP contribution >= 0.6 is 0 Å². The summed E-state index contributed by atoms with van der Waals surface area (Å²) in [4.78, 5) is 11.3. The Morgan fingerprint density at radius 3 is 2.93 bits per heavy atom. The molecule has 0 saturated heterocycles. The van der Waals surface area contributed by atoms with Crippen molar-refractivity contribution in [2.24, 2.45) is 11.8 Å². The molecule has 0 N–H and O–H groups in total. The Labute approximate surface area is 93.4 Å². The van der Waals surface area contributed by atoms with Crippen molar-refractivity contribution in [2.75, 3.05) is 13.2 Å². The molecule has 88 valence electrons. The SMILES string of the molecule is CCCC(C)COCCC1CCCC1=O. The standard InChI is InChI=1S/C13H24O2/c1-3-5-11(2)10-15-9-8-12-6-4-7-13(12)14/h11-12H,3-10H2,1-2H3. The van der Waals surface area contributed by atoms with Crippen molar-refractivity contribution >= 4 is 5.78 Å². The zero-order valence-electron chi connectivity index (χ0n) is 10.1. The van der Waals surface area contributed by atoms with E-state index in [0.29, 0.717) is 17.6 Å². The van der Waals surface area contributed by atoms with E-state index in [9.17, 15) is 4.79 Å². The van der Waals surface area contributed by atoms with Gasteiger partial charge in [-0.15, -0.1) is 0 Å². The van der Waals surface area contributed by atoms with Crippen molar-refractivity contribution < 1.29 is 9.53 Å². The second-order valence-corrected chi connectivity index (χ2v) is 4.81. The van der Waals surface area contributed by atoms with E-state index in [1.165, 1.54) is 12.8 Å². The van der Waals surface area contributed by atoms with Crippen molar-refractivity contribution in [3.63, 3.8) is 0 Å². The van der Waals surface area contributed by atoms with Gasteiger partial charge >= 0.3 is 0 Å². The first kappa shape index (κ1) is 12.7. The maximum atomic E-state index is 11.3. The number of Topliss-reactive ketones (excluding diaryl/α,β-unsaturated/α-hetero) is 1. The Kier molecular flexibility index (Phi) is 5.92. The Bertz CT molecular complexity index is 189. The van der Waals surface area contributed by atoms with Gasteiger partial charge < -0.3 is 4.74 Å². The summed E-state index contributed by atoms with van der Waals surface area (Å²) in [5.41, 5.74) is 0. The van der Waals surface area contributed by atoms with Gasteiger partial charge in [-0.3, -0.25) is 4.79 Å². The van der Waals surface area contributed by atoms with Gasteiger partial charge in [0.25, 0.3) is 0 Å². The lowest BCUT2D eigenvalue weighted by Gasteiger charge is -2.12. The van der Waals surface area contributed by atoms with Gasteiger partial charge in [0.1, 0.15) is 5.78 Å². The fourth-order valence-electron chi connectivity index (χ4n) is 2.28. The summed E-state index contributed by atoms with van der Waals surface area (Å²) in [6.07, 6.45) is 6.39. The fraction of sp³-hybridized carbons (Fsp3) is 0.923. The van der Waals surface area contributed by atoms with Crippen molar-refractivity contribution in [1.82, 2.24) is 0 Å². The summed E-state index contributed by atoms with van der Waals surface area (Å²) >= 11 is 0. The quantitative estimate of drug-likeness (QED) is 0.606. The Balaban J connectivity index is 1.99. The smallest absolute Gasteiger partial charge is 0.136 e. The highest BCUT2D eigenvalue weighted by Gasteiger charge is 2.23. The third kappa shape index (κ3) is 4.78. The molecule has 0 bridgehead atoms. The number of rotatable bonds is 7. The van der Waals surface area contributed by atoms with Gasteiger partial charge in [0, 0.05) is 25.6 Å². The normalized spacial score (nSPS) is 23.3. The molecule has 1 rings (SSSR count). The molecule has 0 heterocycles. The van der Waals surface area contributed by atoms with Crippen molar-refractivity contribution in [3.8, 4) is 0 Å². The van der Waals surface area contributed by atoms with Crippen LogP contribution in [0.3, 0.4) is 0 Å². The van der Waals surface area contributed by atoms with Crippen LogP contribution in [-0.2, 0) is 9.53 Å². The Hall–Kier alpha value is -0.370. The average molecular weight is 212 g/mol. The molecule has 0 aromatic carbocycles. The van der Waals surface area contributed by atoms with Crippen LogP contribution in [0, 0.1) is 11.8 Å². The molecule has 0 aliphatic heterocycles. The number of hydrogen-bond acceptors (Lipinski definition) is 2. The second-order valence-electron chi connectivity index (χ2n) is 4.81. The Morgan fingerprint density at radius 1 is 1.53 bits per heavy atom. The van der Waals surface area contributed by atoms with Crippen molar-refractivity contribution in [2.45, 2.75) is 52.4 Å². The van der Waals surface area contributed by atoms with Gasteiger partial charge in [-0.2, -0.15) is 0 Å². The highest BCUT2D eigenvalue weighted by Crippen LogP contribution is 2.24. The van der Waals surface area contributed by atoms with E-state index in [4.69, 9.17) is 4.74 Å². The van der Waals surface area contributed by atoms with Gasteiger partial charge in [-0.1, -0.05) is 20.3 Å². The number of ketones is 1. The minimum Gasteiger partial charge on any atom is -0.381 e. The molecule has 1 aliphatic carbocycles. The van der Waals surface area contributed by atoms with Gasteiger partial charge in [0.15, 0.2) is 0 Å². The summed E-state index contributed by atoms with van der Waals surface area (Å²) in [7, 11) is 0. The molecule has 1 saturated carbocycles. The van der Waals surface area contributed by atoms with Crippen molar-refractivity contribution in [3.05, 3.63) is 0 Å². The van der Waals surface area contributed by atoms with Gasteiger partial charge in [0.2, 0.25) is 0 Å². The van der Waals surface area contributed by atoms with E-state index >= 15 is 0 Å². The lowest BCUT2D eigenvalue weighted by atomic mass is 10.0. The van der Waals surface area contributed by atoms with Gasteiger partial charge in [-0.05, 0) is 31.6 Å². The van der Waals surface area contributed by atoms with Gasteiger partial charge in [-0.25, -0.2) is 0 Å². The molecule has 15 heavy (non-hydrogen) atoms. The molecule has 2 atom stereocenters. The summed E-state index contributed by atoms with van der Waals surface area (Å²) in [5.74, 6) is 1.43. The van der Waals surface area contributed by atoms with E-state index in [1.54, 1.807) is 0 Å². The molecule has 0 radical (unpaired) electrons. The molecular weight excluding hydrogens is 188 g/mol. The summed E-state index contributed by atoms with van der Waals surface area (Å²) in [6.45, 7) is 6.05. The minimum absolute atomic E-state index is 0.312. The highest BCUT2D eigenvalue weighted by atomic mass is 16.5. The summed E-state index contributed by atoms with van der Waals surface area (Å²) < 4.78 is 5.61. The minimum atomic E-state index is 0.312. The van der Waals surface area contributed by atoms with Crippen LogP contribution < -0.4 is 0 Å². The van der Waals surface area contributed by atoms with Crippen LogP contribution in [0.5, 0.6) is 0 Å². The van der Waals surface area contributed by atoms with E-state index < -0.39 is 0 Å². The third-order valence-electron chi connectivity index (χ3n) is 3.23. The maximum Gasteiger partial charge on any atom is 0.136 e. The van der Waals surface area contributed by atoms with E-state index in [1.807, 2.05) is 0 Å². The van der Waals surface area contributed by atoms with Crippen LogP contribution in [0.15, 0.2) is 0 Å².